The molecule has 1 aliphatic rings. The molecule has 1 amide bonds. The Morgan fingerprint density at radius 2 is 1.66 bits per heavy atom. The van der Waals surface area contributed by atoms with Crippen LogP contribution in [0.3, 0.4) is 0 Å². The van der Waals surface area contributed by atoms with Crippen LogP contribution < -0.4 is 5.32 Å². The van der Waals surface area contributed by atoms with E-state index in [9.17, 15) is 13.2 Å². The second kappa shape index (κ2) is 10.9. The smallest absolute Gasteiger partial charge is 0.322 e. The molecule has 0 spiro atoms. The molecular formula is C29H30N4O4S. The van der Waals surface area contributed by atoms with Crippen LogP contribution in [0.2, 0.25) is 0 Å². The minimum absolute atomic E-state index is 0.0201. The van der Waals surface area contributed by atoms with Gasteiger partial charge in [0, 0.05) is 23.7 Å². The molecule has 0 radical (unpaired) electrons. The van der Waals surface area contributed by atoms with E-state index in [2.05, 4.69) is 27.6 Å². The molecular weight excluding hydrogens is 500 g/mol. The standard InChI is InChI=1S/C29H30N4O4S/c1-20(2)33(19-21-8-4-3-5-9-21)38(35,36)26-16-14-23(15-17-26)27(34)30-29-32-31-28(37-29)25-13-12-22-10-6-7-11-24(22)18-25/h3-5,8-9,12-18,20H,6-7,10-11,19H2,1-2H3,(H,30,32,34). The number of sulfonamides is 1. The number of amides is 1. The van der Waals surface area contributed by atoms with Crippen LogP contribution in [-0.2, 0) is 29.4 Å². The Kier molecular flexibility index (Phi) is 7.40. The van der Waals surface area contributed by atoms with Gasteiger partial charge in [0.05, 0.1) is 4.90 Å². The van der Waals surface area contributed by atoms with Gasteiger partial charge in [-0.05, 0) is 92.6 Å². The molecule has 1 N–H and O–H groups in total. The lowest BCUT2D eigenvalue weighted by Crippen LogP contribution is -2.36. The minimum atomic E-state index is -3.77. The fourth-order valence-corrected chi connectivity index (χ4v) is 6.27. The summed E-state index contributed by atoms with van der Waals surface area (Å²) in [5.74, 6) is -0.137. The van der Waals surface area contributed by atoms with Crippen molar-refractivity contribution in [3.63, 3.8) is 0 Å². The minimum Gasteiger partial charge on any atom is -0.403 e. The average Bonchev–Trinajstić information content (AvgIpc) is 3.40. The number of nitrogens with one attached hydrogen (secondary N) is 1. The first-order valence-electron chi connectivity index (χ1n) is 12.7. The number of carbonyl (C=O) groups is 1. The van der Waals surface area contributed by atoms with Crippen molar-refractivity contribution in [2.24, 2.45) is 0 Å². The molecule has 0 aliphatic heterocycles. The van der Waals surface area contributed by atoms with Gasteiger partial charge in [-0.15, -0.1) is 5.10 Å². The molecule has 3 aromatic carbocycles. The number of anilines is 1. The number of benzene rings is 3. The highest BCUT2D eigenvalue weighted by atomic mass is 32.2. The molecule has 0 unspecified atom stereocenters. The summed E-state index contributed by atoms with van der Waals surface area (Å²) in [5.41, 5.74) is 4.65. The Morgan fingerprint density at radius 3 is 2.37 bits per heavy atom. The molecule has 1 aromatic heterocycles. The zero-order valence-corrected chi connectivity index (χ0v) is 22.2. The monoisotopic (exact) mass is 530 g/mol. The van der Waals surface area contributed by atoms with E-state index in [0.29, 0.717) is 5.89 Å². The van der Waals surface area contributed by atoms with Crippen molar-refractivity contribution < 1.29 is 17.6 Å². The van der Waals surface area contributed by atoms with Gasteiger partial charge >= 0.3 is 6.01 Å². The summed E-state index contributed by atoms with van der Waals surface area (Å²) in [6.45, 7) is 3.93. The summed E-state index contributed by atoms with van der Waals surface area (Å²) >= 11 is 0. The number of fused-ring (bicyclic) bond motifs is 1. The van der Waals surface area contributed by atoms with Crippen LogP contribution in [0.25, 0.3) is 11.5 Å². The van der Waals surface area contributed by atoms with Gasteiger partial charge in [-0.1, -0.05) is 41.5 Å². The van der Waals surface area contributed by atoms with Crippen molar-refractivity contribution in [2.45, 2.75) is 57.0 Å². The Balaban J connectivity index is 1.28. The molecule has 0 saturated carbocycles. The average molecular weight is 531 g/mol. The van der Waals surface area contributed by atoms with E-state index in [1.54, 1.807) is 0 Å². The molecule has 196 valence electrons. The van der Waals surface area contributed by atoms with Gasteiger partial charge in [0.2, 0.25) is 15.9 Å². The molecule has 9 heteroatoms. The fraction of sp³-hybridized carbons (Fsp3) is 0.276. The van der Waals surface area contributed by atoms with Crippen molar-refractivity contribution in [1.29, 1.82) is 0 Å². The molecule has 38 heavy (non-hydrogen) atoms. The molecule has 8 nitrogen and oxygen atoms in total. The van der Waals surface area contributed by atoms with Crippen LogP contribution in [0, 0.1) is 0 Å². The lowest BCUT2D eigenvalue weighted by atomic mass is 9.90. The Labute approximate surface area is 222 Å². The van der Waals surface area contributed by atoms with E-state index < -0.39 is 15.9 Å². The van der Waals surface area contributed by atoms with Crippen LogP contribution in [0.5, 0.6) is 0 Å². The predicted octanol–water partition coefficient (Wildman–Crippen LogP) is 5.47. The van der Waals surface area contributed by atoms with E-state index in [4.69, 9.17) is 4.42 Å². The third-order valence-corrected chi connectivity index (χ3v) is 8.76. The molecule has 1 aliphatic carbocycles. The number of carbonyl (C=O) groups excluding carboxylic acids is 1. The summed E-state index contributed by atoms with van der Waals surface area (Å²) in [6, 6.07) is 21.2. The maximum absolute atomic E-state index is 13.4. The largest absolute Gasteiger partial charge is 0.403 e. The Morgan fingerprint density at radius 1 is 0.947 bits per heavy atom. The number of nitrogens with zero attached hydrogens (tertiary/aromatic N) is 3. The zero-order valence-electron chi connectivity index (χ0n) is 21.4. The molecule has 4 aromatic rings. The van der Waals surface area contributed by atoms with E-state index in [-0.39, 0.29) is 29.1 Å². The van der Waals surface area contributed by atoms with Gasteiger partial charge in [-0.3, -0.25) is 10.1 Å². The third-order valence-electron chi connectivity index (χ3n) is 6.72. The highest BCUT2D eigenvalue weighted by molar-refractivity contribution is 7.89. The number of hydrogen-bond acceptors (Lipinski definition) is 6. The summed E-state index contributed by atoms with van der Waals surface area (Å²) < 4.78 is 33.9. The van der Waals surface area contributed by atoms with Crippen LogP contribution in [0.15, 0.2) is 82.1 Å². The van der Waals surface area contributed by atoms with Crippen LogP contribution in [0.1, 0.15) is 53.7 Å². The van der Waals surface area contributed by atoms with E-state index in [1.165, 1.54) is 52.5 Å². The number of aryl methyl sites for hydroxylation is 2. The first-order chi connectivity index (χ1) is 18.3. The third kappa shape index (κ3) is 5.54. The van der Waals surface area contributed by atoms with Gasteiger partial charge in [0.1, 0.15) is 0 Å². The van der Waals surface area contributed by atoms with Crippen LogP contribution >= 0.6 is 0 Å². The summed E-state index contributed by atoms with van der Waals surface area (Å²) in [5, 5.41) is 10.6. The molecule has 1 heterocycles. The van der Waals surface area contributed by atoms with E-state index in [0.717, 1.165) is 24.0 Å². The first kappa shape index (κ1) is 25.8. The van der Waals surface area contributed by atoms with Gasteiger partial charge < -0.3 is 4.42 Å². The van der Waals surface area contributed by atoms with Crippen molar-refractivity contribution >= 4 is 21.9 Å². The van der Waals surface area contributed by atoms with Gasteiger partial charge in [0.15, 0.2) is 0 Å². The van der Waals surface area contributed by atoms with Crippen molar-refractivity contribution in [1.82, 2.24) is 14.5 Å². The van der Waals surface area contributed by atoms with Gasteiger partial charge in [-0.2, -0.15) is 4.31 Å². The lowest BCUT2D eigenvalue weighted by Gasteiger charge is -2.26. The Hall–Kier alpha value is -3.82. The lowest BCUT2D eigenvalue weighted by molar-refractivity contribution is 0.102. The summed E-state index contributed by atoms with van der Waals surface area (Å²) in [6.07, 6.45) is 4.50. The second-order valence-electron chi connectivity index (χ2n) is 9.71. The molecule has 5 rings (SSSR count). The fourth-order valence-electron chi connectivity index (χ4n) is 4.65. The van der Waals surface area contributed by atoms with E-state index in [1.807, 2.05) is 50.2 Å². The summed E-state index contributed by atoms with van der Waals surface area (Å²) in [4.78, 5) is 12.9. The van der Waals surface area contributed by atoms with E-state index >= 15 is 0 Å². The molecule has 0 atom stereocenters. The highest BCUT2D eigenvalue weighted by Gasteiger charge is 2.27. The van der Waals surface area contributed by atoms with Crippen LogP contribution in [0.4, 0.5) is 6.01 Å². The predicted molar refractivity (Wildman–Crippen MR) is 145 cm³/mol. The Bertz CT molecular complexity index is 1530. The number of aromatic nitrogens is 2. The summed E-state index contributed by atoms with van der Waals surface area (Å²) in [7, 11) is -3.77. The molecule has 0 saturated heterocycles. The second-order valence-corrected chi connectivity index (χ2v) is 11.6. The number of rotatable bonds is 8. The van der Waals surface area contributed by atoms with Gasteiger partial charge in [0.25, 0.3) is 5.91 Å². The maximum Gasteiger partial charge on any atom is 0.322 e. The maximum atomic E-state index is 13.4. The van der Waals surface area contributed by atoms with Crippen molar-refractivity contribution in [3.05, 3.63) is 95.1 Å². The van der Waals surface area contributed by atoms with Crippen molar-refractivity contribution in [2.75, 3.05) is 5.32 Å². The topological polar surface area (TPSA) is 105 Å². The quantitative estimate of drug-likeness (QED) is 0.324. The zero-order chi connectivity index (χ0) is 26.7. The molecule has 0 bridgehead atoms. The first-order valence-corrected chi connectivity index (χ1v) is 14.2. The van der Waals surface area contributed by atoms with Crippen LogP contribution in [-0.4, -0.2) is 34.9 Å². The molecule has 0 fully saturated rings. The van der Waals surface area contributed by atoms with Gasteiger partial charge in [-0.25, -0.2) is 8.42 Å². The highest BCUT2D eigenvalue weighted by Crippen LogP contribution is 2.28. The van der Waals surface area contributed by atoms with Crippen molar-refractivity contribution in [3.8, 4) is 11.5 Å². The number of hydrogen-bond donors (Lipinski definition) is 1. The normalized spacial score (nSPS) is 13.5. The SMILES string of the molecule is CC(C)N(Cc1ccccc1)S(=O)(=O)c1ccc(C(=O)Nc2nnc(-c3ccc4c(c3)CCCC4)o2)cc1.